The Morgan fingerprint density at radius 1 is 1.50 bits per heavy atom. The van der Waals surface area contributed by atoms with Crippen molar-refractivity contribution >= 4 is 5.97 Å². The van der Waals surface area contributed by atoms with Gasteiger partial charge in [0.2, 0.25) is 0 Å². The molecule has 0 saturated heterocycles. The molecule has 1 aromatic carbocycles. The first kappa shape index (κ1) is 10.3. The Balaban J connectivity index is 2.71. The van der Waals surface area contributed by atoms with Gasteiger partial charge >= 0.3 is 12.3 Å². The molecule has 1 rings (SSSR count). The summed E-state index contributed by atoms with van der Waals surface area (Å²) in [5.74, 6) is -1.08. The van der Waals surface area contributed by atoms with Crippen molar-refractivity contribution in [3.63, 3.8) is 0 Å². The number of rotatable bonds is 4. The van der Waals surface area contributed by atoms with Crippen LogP contribution in [0.3, 0.4) is 0 Å². The number of methoxy groups -OCH3 is 1. The van der Waals surface area contributed by atoms with Crippen LogP contribution in [-0.2, 0) is 4.79 Å². The van der Waals surface area contributed by atoms with Gasteiger partial charge in [-0.3, -0.25) is 0 Å². The van der Waals surface area contributed by atoms with Gasteiger partial charge in [0.1, 0.15) is 11.5 Å². The summed E-state index contributed by atoms with van der Waals surface area (Å²) in [5.41, 5.74) is 0. The lowest BCUT2D eigenvalue weighted by atomic mass is 10.3. The summed E-state index contributed by atoms with van der Waals surface area (Å²) in [6.07, 6.45) is -2.36. The number of alkyl halides is 1. The third-order valence-corrected chi connectivity index (χ3v) is 1.47. The minimum absolute atomic E-state index is 0.110. The minimum Gasteiger partial charge on any atom is -0.497 e. The van der Waals surface area contributed by atoms with Crippen LogP contribution >= 0.6 is 0 Å². The van der Waals surface area contributed by atoms with Crippen LogP contribution in [0, 0.1) is 0 Å². The van der Waals surface area contributed by atoms with Crippen LogP contribution in [0.2, 0.25) is 0 Å². The zero-order valence-corrected chi connectivity index (χ0v) is 7.44. The molecule has 0 fully saturated rings. The summed E-state index contributed by atoms with van der Waals surface area (Å²) < 4.78 is 21.9. The highest BCUT2D eigenvalue weighted by molar-refractivity contribution is 5.70. The van der Waals surface area contributed by atoms with Crippen molar-refractivity contribution in [1.82, 2.24) is 0 Å². The molecule has 4 nitrogen and oxygen atoms in total. The molecule has 0 aliphatic carbocycles. The Morgan fingerprint density at radius 2 is 2.14 bits per heavy atom. The Labute approximate surface area is 79.9 Å². The van der Waals surface area contributed by atoms with Gasteiger partial charge in [-0.1, -0.05) is 6.07 Å². The van der Waals surface area contributed by atoms with E-state index in [0.717, 1.165) is 0 Å². The fourth-order valence-electron chi connectivity index (χ4n) is 0.844. The number of halogens is 1. The molecule has 0 aliphatic rings. The van der Waals surface area contributed by atoms with Gasteiger partial charge in [0, 0.05) is 6.07 Å². The highest BCUT2D eigenvalue weighted by Gasteiger charge is 2.17. The van der Waals surface area contributed by atoms with E-state index in [0.29, 0.717) is 5.75 Å². The number of carboxylic acids is 1. The third kappa shape index (κ3) is 2.62. The first-order valence-electron chi connectivity index (χ1n) is 3.81. The molecule has 0 radical (unpaired) electrons. The molecule has 0 aromatic heterocycles. The minimum atomic E-state index is -2.36. The molecule has 5 heteroatoms. The van der Waals surface area contributed by atoms with Gasteiger partial charge in [-0.25, -0.2) is 4.79 Å². The first-order valence-corrected chi connectivity index (χ1v) is 3.81. The normalized spacial score (nSPS) is 11.9. The maximum Gasteiger partial charge on any atom is 0.378 e. The lowest BCUT2D eigenvalue weighted by molar-refractivity contribution is -0.153. The van der Waals surface area contributed by atoms with Crippen LogP contribution in [0.5, 0.6) is 11.5 Å². The molecule has 1 atom stereocenters. The van der Waals surface area contributed by atoms with E-state index in [1.165, 1.54) is 19.2 Å². The second-order valence-corrected chi connectivity index (χ2v) is 2.45. The number of hydrogen-bond donors (Lipinski definition) is 1. The fraction of sp³-hybridized carbons (Fsp3) is 0.222. The topological polar surface area (TPSA) is 55.8 Å². The highest BCUT2D eigenvalue weighted by Crippen LogP contribution is 2.20. The molecule has 0 saturated carbocycles. The largest absolute Gasteiger partial charge is 0.497 e. The average Bonchev–Trinajstić information content (AvgIpc) is 2.18. The lowest BCUT2D eigenvalue weighted by Gasteiger charge is -2.08. The van der Waals surface area contributed by atoms with Gasteiger partial charge < -0.3 is 14.6 Å². The van der Waals surface area contributed by atoms with Crippen LogP contribution in [0.25, 0.3) is 0 Å². The van der Waals surface area contributed by atoms with E-state index in [1.807, 2.05) is 0 Å². The second kappa shape index (κ2) is 4.45. The third-order valence-electron chi connectivity index (χ3n) is 1.47. The van der Waals surface area contributed by atoms with Crippen molar-refractivity contribution in [2.45, 2.75) is 6.36 Å². The molecule has 0 aliphatic heterocycles. The van der Waals surface area contributed by atoms with Crippen LogP contribution in [-0.4, -0.2) is 24.5 Å². The van der Waals surface area contributed by atoms with Crippen molar-refractivity contribution < 1.29 is 23.8 Å². The van der Waals surface area contributed by atoms with E-state index in [4.69, 9.17) is 9.84 Å². The number of benzene rings is 1. The number of hydrogen-bond acceptors (Lipinski definition) is 3. The van der Waals surface area contributed by atoms with E-state index in [1.54, 1.807) is 12.1 Å². The number of aliphatic carboxylic acids is 1. The molecule has 0 spiro atoms. The van der Waals surface area contributed by atoms with Gasteiger partial charge in [-0.2, -0.15) is 4.39 Å². The van der Waals surface area contributed by atoms with Gasteiger partial charge in [0.05, 0.1) is 7.11 Å². The monoisotopic (exact) mass is 200 g/mol. The quantitative estimate of drug-likeness (QED) is 0.799. The molecule has 1 aromatic rings. The van der Waals surface area contributed by atoms with Crippen LogP contribution in [0.15, 0.2) is 24.3 Å². The second-order valence-electron chi connectivity index (χ2n) is 2.45. The maximum atomic E-state index is 12.6. The molecular formula is C9H9FO4. The molecule has 0 bridgehead atoms. The maximum absolute atomic E-state index is 12.6. The Kier molecular flexibility index (Phi) is 3.28. The van der Waals surface area contributed by atoms with E-state index in [-0.39, 0.29) is 5.75 Å². The first-order chi connectivity index (χ1) is 6.63. The predicted octanol–water partition coefficient (Wildman–Crippen LogP) is 1.45. The summed E-state index contributed by atoms with van der Waals surface area (Å²) in [7, 11) is 1.45. The average molecular weight is 200 g/mol. The summed E-state index contributed by atoms with van der Waals surface area (Å²) in [4.78, 5) is 10.1. The standard InChI is InChI=1S/C9H9FO4/c1-13-6-3-2-4-7(5-6)14-8(10)9(11)12/h2-5,8H,1H3,(H,11,12). The molecule has 14 heavy (non-hydrogen) atoms. The molecule has 0 amide bonds. The van der Waals surface area contributed by atoms with E-state index in [2.05, 4.69) is 4.74 Å². The number of carboxylic acid groups (broad SMARTS) is 1. The predicted molar refractivity (Wildman–Crippen MR) is 46.2 cm³/mol. The van der Waals surface area contributed by atoms with Crippen molar-refractivity contribution in [2.24, 2.45) is 0 Å². The molecule has 0 heterocycles. The Hall–Kier alpha value is -1.78. The zero-order valence-electron chi connectivity index (χ0n) is 7.44. The molecule has 1 unspecified atom stereocenters. The van der Waals surface area contributed by atoms with Crippen LogP contribution in [0.4, 0.5) is 4.39 Å². The van der Waals surface area contributed by atoms with Gasteiger partial charge in [0.15, 0.2) is 0 Å². The smallest absolute Gasteiger partial charge is 0.378 e. The zero-order chi connectivity index (χ0) is 10.6. The Morgan fingerprint density at radius 3 is 2.71 bits per heavy atom. The van der Waals surface area contributed by atoms with Crippen LogP contribution < -0.4 is 9.47 Å². The van der Waals surface area contributed by atoms with Gasteiger partial charge in [-0.05, 0) is 12.1 Å². The number of carbonyl (C=O) groups is 1. The molecule has 1 N–H and O–H groups in total. The fourth-order valence-corrected chi connectivity index (χ4v) is 0.844. The van der Waals surface area contributed by atoms with Crippen molar-refractivity contribution in [3.8, 4) is 11.5 Å². The lowest BCUT2D eigenvalue weighted by Crippen LogP contribution is -2.21. The summed E-state index contributed by atoms with van der Waals surface area (Å²) >= 11 is 0. The van der Waals surface area contributed by atoms with Crippen molar-refractivity contribution in [2.75, 3.05) is 7.11 Å². The summed E-state index contributed by atoms with van der Waals surface area (Å²) in [5, 5.41) is 8.24. The van der Waals surface area contributed by atoms with E-state index in [9.17, 15) is 9.18 Å². The van der Waals surface area contributed by atoms with Crippen molar-refractivity contribution in [3.05, 3.63) is 24.3 Å². The van der Waals surface area contributed by atoms with E-state index < -0.39 is 12.3 Å². The Bertz CT molecular complexity index is 326. The summed E-state index contributed by atoms with van der Waals surface area (Å²) in [6.45, 7) is 0. The van der Waals surface area contributed by atoms with Crippen molar-refractivity contribution in [1.29, 1.82) is 0 Å². The van der Waals surface area contributed by atoms with E-state index >= 15 is 0 Å². The molecule has 76 valence electrons. The van der Waals surface area contributed by atoms with Gasteiger partial charge in [-0.15, -0.1) is 0 Å². The number of ether oxygens (including phenoxy) is 2. The molecular weight excluding hydrogens is 191 g/mol. The SMILES string of the molecule is COc1cccc(OC(F)C(=O)O)c1. The highest BCUT2D eigenvalue weighted by atomic mass is 19.1. The van der Waals surface area contributed by atoms with Gasteiger partial charge in [0.25, 0.3) is 0 Å². The van der Waals surface area contributed by atoms with Crippen LogP contribution in [0.1, 0.15) is 0 Å². The summed E-state index contributed by atoms with van der Waals surface area (Å²) in [6, 6.07) is 6.05.